The van der Waals surface area contributed by atoms with E-state index >= 15 is 0 Å². The van der Waals surface area contributed by atoms with Crippen molar-refractivity contribution in [3.8, 4) is 5.75 Å². The predicted molar refractivity (Wildman–Crippen MR) is 65.4 cm³/mol. The Morgan fingerprint density at radius 1 is 1.47 bits per heavy atom. The zero-order valence-corrected chi connectivity index (χ0v) is 10.2. The fourth-order valence-electron chi connectivity index (χ4n) is 1.64. The molecule has 90 valence electrons. The number of carbonyl (C=O) groups excluding carboxylic acids is 1. The first-order valence-corrected chi connectivity index (χ1v) is 5.41. The van der Waals surface area contributed by atoms with E-state index in [4.69, 9.17) is 16.3 Å². The Bertz CT molecular complexity index is 488. The molecule has 0 saturated carbocycles. The highest BCUT2D eigenvalue weighted by molar-refractivity contribution is 6.32. The molecule has 2 rings (SSSR count). The lowest BCUT2D eigenvalue weighted by Crippen LogP contribution is -2.24. The lowest BCUT2D eigenvalue weighted by atomic mass is 10.1. The van der Waals surface area contributed by atoms with E-state index in [1.54, 1.807) is 32.4 Å². The molecule has 1 unspecified atom stereocenters. The summed E-state index contributed by atoms with van der Waals surface area (Å²) in [6.45, 7) is 0. The average molecular weight is 254 g/mol. The van der Waals surface area contributed by atoms with E-state index in [0.717, 1.165) is 5.56 Å². The number of methoxy groups -OCH3 is 1. The smallest absolute Gasteiger partial charge is 0.253 e. The first-order chi connectivity index (χ1) is 8.15. The molecule has 1 aromatic carbocycles. The third-order valence-electron chi connectivity index (χ3n) is 2.52. The molecular formula is C11H12ClN3O2. The van der Waals surface area contributed by atoms with Crippen molar-refractivity contribution in [2.24, 2.45) is 4.99 Å². The van der Waals surface area contributed by atoms with Crippen LogP contribution in [0.4, 0.5) is 0 Å². The van der Waals surface area contributed by atoms with E-state index in [2.05, 4.69) is 15.6 Å². The highest BCUT2D eigenvalue weighted by atomic mass is 35.5. The number of hydrogen-bond acceptors (Lipinski definition) is 3. The Balaban J connectivity index is 2.29. The number of ether oxygens (including phenoxy) is 1. The van der Waals surface area contributed by atoms with Crippen molar-refractivity contribution < 1.29 is 9.53 Å². The van der Waals surface area contributed by atoms with Gasteiger partial charge in [0.25, 0.3) is 5.91 Å². The normalized spacial score (nSPS) is 21.2. The summed E-state index contributed by atoms with van der Waals surface area (Å²) in [5.41, 5.74) is 0.770. The van der Waals surface area contributed by atoms with Gasteiger partial charge in [0.2, 0.25) is 0 Å². The van der Waals surface area contributed by atoms with Gasteiger partial charge in [-0.2, -0.15) is 0 Å². The van der Waals surface area contributed by atoms with Crippen molar-refractivity contribution in [2.45, 2.75) is 6.04 Å². The molecule has 1 fully saturated rings. The topological polar surface area (TPSA) is 62.7 Å². The van der Waals surface area contributed by atoms with Crippen molar-refractivity contribution in [2.75, 3.05) is 14.2 Å². The van der Waals surface area contributed by atoms with Gasteiger partial charge >= 0.3 is 0 Å². The fraction of sp³-hybridized carbons (Fsp3) is 0.273. The van der Waals surface area contributed by atoms with E-state index in [-0.39, 0.29) is 5.91 Å². The summed E-state index contributed by atoms with van der Waals surface area (Å²) >= 11 is 6.01. The van der Waals surface area contributed by atoms with Crippen LogP contribution in [0.5, 0.6) is 5.75 Å². The Morgan fingerprint density at radius 2 is 2.24 bits per heavy atom. The summed E-state index contributed by atoms with van der Waals surface area (Å²) in [5.74, 6) is 0.900. The number of aliphatic imine (C=N–C) groups is 1. The van der Waals surface area contributed by atoms with Crippen LogP contribution < -0.4 is 15.4 Å². The Labute approximate surface area is 104 Å². The molecule has 1 atom stereocenters. The summed E-state index contributed by atoms with van der Waals surface area (Å²) < 4.78 is 5.06. The molecule has 0 radical (unpaired) electrons. The molecule has 1 saturated heterocycles. The number of guanidine groups is 1. The maximum atomic E-state index is 11.7. The molecule has 6 heteroatoms. The van der Waals surface area contributed by atoms with Crippen molar-refractivity contribution in [3.05, 3.63) is 28.8 Å². The van der Waals surface area contributed by atoms with E-state index in [1.807, 2.05) is 0 Å². The molecule has 17 heavy (non-hydrogen) atoms. The van der Waals surface area contributed by atoms with Gasteiger partial charge in [0.05, 0.1) is 12.1 Å². The minimum Gasteiger partial charge on any atom is -0.495 e. The van der Waals surface area contributed by atoms with Crippen LogP contribution in [-0.4, -0.2) is 26.0 Å². The van der Waals surface area contributed by atoms with Crippen molar-refractivity contribution >= 4 is 23.5 Å². The largest absolute Gasteiger partial charge is 0.495 e. The molecule has 0 spiro atoms. The van der Waals surface area contributed by atoms with Crippen molar-refractivity contribution in [1.29, 1.82) is 0 Å². The molecule has 2 N–H and O–H groups in total. The maximum absolute atomic E-state index is 11.7. The number of halogens is 1. The molecule has 1 aliphatic heterocycles. The van der Waals surface area contributed by atoms with Gasteiger partial charge in [-0.25, -0.2) is 0 Å². The quantitative estimate of drug-likeness (QED) is 0.830. The third kappa shape index (κ3) is 2.19. The predicted octanol–water partition coefficient (Wildman–Crippen LogP) is 1.09. The second kappa shape index (κ2) is 4.63. The van der Waals surface area contributed by atoms with Gasteiger partial charge in [-0.1, -0.05) is 17.7 Å². The zero-order chi connectivity index (χ0) is 12.4. The van der Waals surface area contributed by atoms with Crippen molar-refractivity contribution in [1.82, 2.24) is 10.6 Å². The van der Waals surface area contributed by atoms with Crippen LogP contribution in [0.25, 0.3) is 0 Å². The first-order valence-electron chi connectivity index (χ1n) is 5.03. The van der Waals surface area contributed by atoms with E-state index in [9.17, 15) is 4.79 Å². The summed E-state index contributed by atoms with van der Waals surface area (Å²) in [6.07, 6.45) is 0. The number of nitrogens with zero attached hydrogens (tertiary/aromatic N) is 1. The van der Waals surface area contributed by atoms with Gasteiger partial charge in [0.15, 0.2) is 5.96 Å². The number of benzene rings is 1. The third-order valence-corrected chi connectivity index (χ3v) is 2.81. The monoisotopic (exact) mass is 253 g/mol. The van der Waals surface area contributed by atoms with Gasteiger partial charge in [0.1, 0.15) is 11.8 Å². The highest BCUT2D eigenvalue weighted by Crippen LogP contribution is 2.28. The van der Waals surface area contributed by atoms with Crippen LogP contribution in [0.3, 0.4) is 0 Å². The van der Waals surface area contributed by atoms with Gasteiger partial charge in [-0.05, 0) is 17.7 Å². The number of hydrogen-bond donors (Lipinski definition) is 2. The zero-order valence-electron chi connectivity index (χ0n) is 9.45. The summed E-state index contributed by atoms with van der Waals surface area (Å²) in [4.78, 5) is 15.6. The molecule has 1 heterocycles. The molecule has 0 aromatic heterocycles. The van der Waals surface area contributed by atoms with Crippen LogP contribution in [-0.2, 0) is 4.79 Å². The Kier molecular flexibility index (Phi) is 3.19. The lowest BCUT2D eigenvalue weighted by molar-refractivity contribution is -0.120. The van der Waals surface area contributed by atoms with Crippen LogP contribution in [0.2, 0.25) is 5.02 Å². The number of amides is 1. The molecule has 0 aliphatic carbocycles. The molecule has 1 amide bonds. The van der Waals surface area contributed by atoms with Crippen molar-refractivity contribution in [3.63, 3.8) is 0 Å². The average Bonchev–Trinajstić information content (AvgIpc) is 2.70. The van der Waals surface area contributed by atoms with Gasteiger partial charge in [-0.15, -0.1) is 0 Å². The fourth-order valence-corrected chi connectivity index (χ4v) is 1.91. The Morgan fingerprint density at radius 3 is 2.76 bits per heavy atom. The summed E-state index contributed by atoms with van der Waals surface area (Å²) in [7, 11) is 3.15. The molecule has 1 aromatic rings. The van der Waals surface area contributed by atoms with Crippen LogP contribution in [0, 0.1) is 0 Å². The van der Waals surface area contributed by atoms with E-state index in [1.165, 1.54) is 0 Å². The van der Waals surface area contributed by atoms with Gasteiger partial charge in [-0.3, -0.25) is 15.1 Å². The van der Waals surface area contributed by atoms with Crippen LogP contribution >= 0.6 is 11.6 Å². The summed E-state index contributed by atoms with van der Waals surface area (Å²) in [5, 5.41) is 6.06. The number of rotatable bonds is 2. The molecule has 1 aliphatic rings. The minimum atomic E-state index is -0.461. The van der Waals surface area contributed by atoms with Gasteiger partial charge in [0, 0.05) is 7.05 Å². The number of nitrogens with one attached hydrogen (secondary N) is 2. The second-order valence-corrected chi connectivity index (χ2v) is 3.94. The molecular weight excluding hydrogens is 242 g/mol. The van der Waals surface area contributed by atoms with Gasteiger partial charge < -0.3 is 10.1 Å². The standard InChI is InChI=1S/C11H12ClN3O2/c1-13-11-14-9(10(16)15-11)6-3-4-8(17-2)7(12)5-6/h3-5,9H,1-2H3,(H2,13,14,15,16). The summed E-state index contributed by atoms with van der Waals surface area (Å²) in [6, 6.07) is 4.77. The maximum Gasteiger partial charge on any atom is 0.253 e. The highest BCUT2D eigenvalue weighted by Gasteiger charge is 2.29. The lowest BCUT2D eigenvalue weighted by Gasteiger charge is -2.10. The molecule has 5 nitrogen and oxygen atoms in total. The first kappa shape index (κ1) is 11.7. The minimum absolute atomic E-state index is 0.146. The SMILES string of the molecule is CN=C1NC(=O)C(c2ccc(OC)c(Cl)c2)N1. The second-order valence-electron chi connectivity index (χ2n) is 3.53. The van der Waals surface area contributed by atoms with Crippen LogP contribution in [0.1, 0.15) is 11.6 Å². The van der Waals surface area contributed by atoms with E-state index < -0.39 is 6.04 Å². The van der Waals surface area contributed by atoms with Crippen LogP contribution in [0.15, 0.2) is 23.2 Å². The number of carbonyl (C=O) groups is 1. The Hall–Kier alpha value is -1.75. The van der Waals surface area contributed by atoms with E-state index in [0.29, 0.717) is 16.7 Å². The molecule has 0 bridgehead atoms.